The van der Waals surface area contributed by atoms with Gasteiger partial charge in [0.15, 0.2) is 0 Å². The van der Waals surface area contributed by atoms with Gasteiger partial charge in [0, 0.05) is 6.04 Å². The number of hydrogen-bond acceptors (Lipinski definition) is 1. The summed E-state index contributed by atoms with van der Waals surface area (Å²) in [7, 11) is 1.99. The SMILES string of the molecule is CCC(C)(C)c1ccc(-c2ccc(C(C)NC)cc2)cc1. The van der Waals surface area contributed by atoms with Gasteiger partial charge in [-0.25, -0.2) is 0 Å². The van der Waals surface area contributed by atoms with Crippen LogP contribution < -0.4 is 5.32 Å². The maximum atomic E-state index is 3.27. The van der Waals surface area contributed by atoms with Crippen molar-refractivity contribution in [1.29, 1.82) is 0 Å². The van der Waals surface area contributed by atoms with Crippen LogP contribution in [0.25, 0.3) is 11.1 Å². The molecule has 1 N–H and O–H groups in total. The number of rotatable bonds is 5. The molecule has 0 spiro atoms. The molecule has 2 aromatic rings. The smallest absolute Gasteiger partial charge is 0.0289 e. The summed E-state index contributed by atoms with van der Waals surface area (Å²) in [4.78, 5) is 0. The van der Waals surface area contributed by atoms with Gasteiger partial charge in [0.25, 0.3) is 0 Å². The molecule has 0 fully saturated rings. The molecule has 1 atom stereocenters. The Morgan fingerprint density at radius 2 is 1.38 bits per heavy atom. The van der Waals surface area contributed by atoms with Crippen molar-refractivity contribution in [3.63, 3.8) is 0 Å². The third-order valence-electron chi connectivity index (χ3n) is 4.73. The van der Waals surface area contributed by atoms with E-state index < -0.39 is 0 Å². The fourth-order valence-corrected chi connectivity index (χ4v) is 2.45. The van der Waals surface area contributed by atoms with E-state index in [2.05, 4.69) is 81.5 Å². The molecule has 112 valence electrons. The molecule has 0 saturated carbocycles. The molecule has 2 rings (SSSR count). The van der Waals surface area contributed by atoms with Crippen LogP contribution in [0.5, 0.6) is 0 Å². The Kier molecular flexibility index (Phi) is 4.84. The van der Waals surface area contributed by atoms with Crippen LogP contribution in [0.3, 0.4) is 0 Å². The Balaban J connectivity index is 2.23. The molecule has 0 saturated heterocycles. The molecular weight excluding hydrogens is 254 g/mol. The van der Waals surface area contributed by atoms with Crippen molar-refractivity contribution in [2.24, 2.45) is 0 Å². The second-order valence-corrected chi connectivity index (χ2v) is 6.45. The van der Waals surface area contributed by atoms with Crippen LogP contribution in [0.4, 0.5) is 0 Å². The van der Waals surface area contributed by atoms with Crippen LogP contribution in [0.15, 0.2) is 48.5 Å². The van der Waals surface area contributed by atoms with Gasteiger partial charge in [-0.05, 0) is 48.1 Å². The average Bonchev–Trinajstić information content (AvgIpc) is 2.54. The van der Waals surface area contributed by atoms with Crippen LogP contribution >= 0.6 is 0 Å². The highest BCUT2D eigenvalue weighted by Crippen LogP contribution is 2.29. The molecule has 0 amide bonds. The summed E-state index contributed by atoms with van der Waals surface area (Å²) in [6.45, 7) is 9.03. The summed E-state index contributed by atoms with van der Waals surface area (Å²) >= 11 is 0. The van der Waals surface area contributed by atoms with E-state index in [9.17, 15) is 0 Å². The maximum Gasteiger partial charge on any atom is 0.0289 e. The fourth-order valence-electron chi connectivity index (χ4n) is 2.45. The summed E-state index contributed by atoms with van der Waals surface area (Å²) in [5.74, 6) is 0. The van der Waals surface area contributed by atoms with Crippen LogP contribution in [0.1, 0.15) is 51.3 Å². The molecule has 0 radical (unpaired) electrons. The highest BCUT2D eigenvalue weighted by atomic mass is 14.8. The lowest BCUT2D eigenvalue weighted by atomic mass is 9.82. The van der Waals surface area contributed by atoms with Crippen molar-refractivity contribution in [2.75, 3.05) is 7.05 Å². The third-order valence-corrected chi connectivity index (χ3v) is 4.73. The minimum absolute atomic E-state index is 0.255. The Morgan fingerprint density at radius 1 is 0.905 bits per heavy atom. The van der Waals surface area contributed by atoms with Gasteiger partial charge in [0.1, 0.15) is 0 Å². The molecule has 1 nitrogen and oxygen atoms in total. The highest BCUT2D eigenvalue weighted by Gasteiger charge is 2.17. The first-order chi connectivity index (χ1) is 9.97. The molecule has 0 aliphatic heterocycles. The van der Waals surface area contributed by atoms with Crippen molar-refractivity contribution in [1.82, 2.24) is 5.32 Å². The van der Waals surface area contributed by atoms with E-state index >= 15 is 0 Å². The zero-order chi connectivity index (χ0) is 15.5. The van der Waals surface area contributed by atoms with Gasteiger partial charge in [-0.3, -0.25) is 0 Å². The Labute approximate surface area is 129 Å². The van der Waals surface area contributed by atoms with Crippen LogP contribution in [-0.2, 0) is 5.41 Å². The number of nitrogens with one attached hydrogen (secondary N) is 1. The van der Waals surface area contributed by atoms with E-state index in [0.29, 0.717) is 6.04 Å². The first-order valence-corrected chi connectivity index (χ1v) is 7.86. The molecule has 1 unspecified atom stereocenters. The third kappa shape index (κ3) is 3.54. The zero-order valence-electron chi connectivity index (χ0n) is 13.9. The largest absolute Gasteiger partial charge is 0.313 e. The van der Waals surface area contributed by atoms with Crippen molar-refractivity contribution >= 4 is 0 Å². The van der Waals surface area contributed by atoms with Gasteiger partial charge in [-0.15, -0.1) is 0 Å². The Morgan fingerprint density at radius 3 is 1.81 bits per heavy atom. The van der Waals surface area contributed by atoms with Crippen molar-refractivity contribution in [3.8, 4) is 11.1 Å². The Bertz CT molecular complexity index is 564. The summed E-state index contributed by atoms with van der Waals surface area (Å²) in [6, 6.07) is 18.2. The van der Waals surface area contributed by atoms with E-state index in [1.165, 1.54) is 22.3 Å². The van der Waals surface area contributed by atoms with E-state index in [1.807, 2.05) is 7.05 Å². The summed E-state index contributed by atoms with van der Waals surface area (Å²) in [6.07, 6.45) is 1.16. The molecule has 0 aliphatic carbocycles. The molecule has 0 aromatic heterocycles. The lowest BCUT2D eigenvalue weighted by molar-refractivity contribution is 0.506. The predicted octanol–water partition coefficient (Wildman–Crippen LogP) is 5.32. The standard InChI is InChI=1S/C20H27N/c1-6-20(3,4)19-13-11-18(12-14-19)17-9-7-16(8-10-17)15(2)21-5/h7-15,21H,6H2,1-5H3. The van der Waals surface area contributed by atoms with E-state index in [1.54, 1.807) is 0 Å². The average molecular weight is 281 g/mol. The summed E-state index contributed by atoms with van der Waals surface area (Å²) in [5, 5.41) is 3.27. The fraction of sp³-hybridized carbons (Fsp3) is 0.400. The molecular formula is C20H27N. The highest BCUT2D eigenvalue weighted by molar-refractivity contribution is 5.64. The molecule has 2 aromatic carbocycles. The monoisotopic (exact) mass is 281 g/mol. The number of hydrogen-bond donors (Lipinski definition) is 1. The predicted molar refractivity (Wildman–Crippen MR) is 92.7 cm³/mol. The molecule has 0 aliphatic rings. The minimum Gasteiger partial charge on any atom is -0.313 e. The van der Waals surface area contributed by atoms with Gasteiger partial charge in [-0.1, -0.05) is 69.3 Å². The topological polar surface area (TPSA) is 12.0 Å². The second kappa shape index (κ2) is 6.44. The normalized spacial score (nSPS) is 13.2. The van der Waals surface area contributed by atoms with E-state index in [-0.39, 0.29) is 5.41 Å². The second-order valence-electron chi connectivity index (χ2n) is 6.45. The lowest BCUT2D eigenvalue weighted by Crippen LogP contribution is -2.14. The van der Waals surface area contributed by atoms with Crippen molar-refractivity contribution < 1.29 is 0 Å². The van der Waals surface area contributed by atoms with Crippen LogP contribution in [0, 0.1) is 0 Å². The first kappa shape index (κ1) is 15.8. The summed E-state index contributed by atoms with van der Waals surface area (Å²) < 4.78 is 0. The first-order valence-electron chi connectivity index (χ1n) is 7.86. The van der Waals surface area contributed by atoms with E-state index in [4.69, 9.17) is 0 Å². The quantitative estimate of drug-likeness (QED) is 0.782. The molecule has 0 heterocycles. The van der Waals surface area contributed by atoms with Gasteiger partial charge in [-0.2, -0.15) is 0 Å². The van der Waals surface area contributed by atoms with Gasteiger partial charge in [0.2, 0.25) is 0 Å². The molecule has 21 heavy (non-hydrogen) atoms. The molecule has 1 heteroatoms. The van der Waals surface area contributed by atoms with Gasteiger partial charge >= 0.3 is 0 Å². The zero-order valence-corrected chi connectivity index (χ0v) is 13.9. The van der Waals surface area contributed by atoms with Gasteiger partial charge < -0.3 is 5.32 Å². The number of benzene rings is 2. The summed E-state index contributed by atoms with van der Waals surface area (Å²) in [5.41, 5.74) is 5.56. The van der Waals surface area contributed by atoms with Crippen molar-refractivity contribution in [2.45, 2.75) is 45.6 Å². The van der Waals surface area contributed by atoms with Crippen molar-refractivity contribution in [3.05, 3.63) is 59.7 Å². The minimum atomic E-state index is 0.255. The van der Waals surface area contributed by atoms with Crippen LogP contribution in [-0.4, -0.2) is 7.05 Å². The van der Waals surface area contributed by atoms with Crippen LogP contribution in [0.2, 0.25) is 0 Å². The molecule has 0 bridgehead atoms. The Hall–Kier alpha value is -1.60. The van der Waals surface area contributed by atoms with Gasteiger partial charge in [0.05, 0.1) is 0 Å². The maximum absolute atomic E-state index is 3.27. The van der Waals surface area contributed by atoms with E-state index in [0.717, 1.165) is 6.42 Å². The lowest BCUT2D eigenvalue weighted by Gasteiger charge is -2.23.